The lowest BCUT2D eigenvalue weighted by atomic mass is 10.1. The molecular formula is C62H50N20O4. The first-order chi connectivity index (χ1) is 42.2. The van der Waals surface area contributed by atoms with E-state index in [4.69, 9.17) is 45.6 Å². The van der Waals surface area contributed by atoms with Gasteiger partial charge in [-0.1, -0.05) is 84.9 Å². The van der Waals surface area contributed by atoms with Gasteiger partial charge in [-0.25, -0.2) is 0 Å². The Morgan fingerprint density at radius 3 is 1.27 bits per heavy atom. The molecule has 86 heavy (non-hydrogen) atoms. The maximum absolute atomic E-state index is 11.9. The molecule has 0 spiro atoms. The molecule has 1 atom stereocenters. The molecule has 1 unspecified atom stereocenters. The van der Waals surface area contributed by atoms with Crippen LogP contribution in [0.2, 0.25) is 0 Å². The zero-order valence-electron chi connectivity index (χ0n) is 45.6. The number of anilines is 4. The van der Waals surface area contributed by atoms with E-state index in [0.29, 0.717) is 32.9 Å². The number of aromatic hydroxyl groups is 3. The highest BCUT2D eigenvalue weighted by Crippen LogP contribution is 2.45. The highest BCUT2D eigenvalue weighted by Gasteiger charge is 2.31. The van der Waals surface area contributed by atoms with Crippen molar-refractivity contribution in [2.24, 2.45) is 20.5 Å². The van der Waals surface area contributed by atoms with E-state index in [1.807, 2.05) is 94.7 Å². The molecule has 24 nitrogen and oxygen atoms in total. The number of phenolic OH excluding ortho intramolecular Hbond substituents is 3. The van der Waals surface area contributed by atoms with Gasteiger partial charge in [0.2, 0.25) is 30.0 Å². The van der Waals surface area contributed by atoms with Crippen molar-refractivity contribution in [1.82, 2.24) is 59.8 Å². The molecule has 24 heteroatoms. The minimum Gasteiger partial charge on any atom is -0.507 e. The van der Waals surface area contributed by atoms with Gasteiger partial charge < -0.3 is 35.6 Å². The number of nitrogens with two attached hydrogens (primary N) is 1. The van der Waals surface area contributed by atoms with Crippen LogP contribution in [0.4, 0.5) is 47.1 Å². The van der Waals surface area contributed by atoms with Gasteiger partial charge in [0, 0.05) is 70.9 Å². The van der Waals surface area contributed by atoms with E-state index in [-0.39, 0.29) is 103 Å². The van der Waals surface area contributed by atoms with Crippen molar-refractivity contribution in [3.05, 3.63) is 241 Å². The second-order valence-corrected chi connectivity index (χ2v) is 19.2. The van der Waals surface area contributed by atoms with Crippen molar-refractivity contribution in [2.45, 2.75) is 39.0 Å². The lowest BCUT2D eigenvalue weighted by molar-refractivity contribution is 0.190. The number of fused-ring (bicyclic) bond motifs is 2. The van der Waals surface area contributed by atoms with Gasteiger partial charge in [0.15, 0.2) is 5.75 Å². The molecule has 5 N–H and O–H groups in total. The Morgan fingerprint density at radius 2 is 0.791 bits per heavy atom. The van der Waals surface area contributed by atoms with E-state index in [2.05, 4.69) is 45.1 Å². The van der Waals surface area contributed by atoms with Crippen molar-refractivity contribution in [2.75, 3.05) is 20.4 Å². The van der Waals surface area contributed by atoms with Gasteiger partial charge in [-0.3, -0.25) is 34.8 Å². The number of phenols is 3. The smallest absolute Gasteiger partial charge is 0.275 e. The number of ether oxygens (including phenoxy) is 1. The standard InChI is InChI=1S/C62H50N20O4/c63-57-70-58(78-76-54-47-24-3-1-22-45(47)50(83)33-52(54)85)74-62(71-57)82(39-44-21-9-15-31-68-44)56(49-26-10-16-32-69-49)86-53-34-51(84)46-23-2-4-25-48(46)55(53)77-79-59-72-60(80(35-40-17-5-11-27-64-40)36-41-18-6-12-28-65-41)75-61(73-59)81(37-42-19-7-13-29-66-42)38-43-20-8-14-30-67-43/h1-34,56,83-85H,35-39H2,(H2,63,70,71,74). The number of benzene rings is 4. The summed E-state index contributed by atoms with van der Waals surface area (Å²) in [6.45, 7) is 1.09. The third-order valence-electron chi connectivity index (χ3n) is 13.3. The maximum atomic E-state index is 11.9. The second kappa shape index (κ2) is 25.4. The molecule has 0 saturated carbocycles. The van der Waals surface area contributed by atoms with E-state index < -0.39 is 6.23 Å². The second-order valence-electron chi connectivity index (χ2n) is 19.2. The van der Waals surface area contributed by atoms with Crippen LogP contribution in [-0.2, 0) is 32.7 Å². The van der Waals surface area contributed by atoms with Crippen LogP contribution in [0.5, 0.6) is 23.0 Å². The summed E-state index contributed by atoms with van der Waals surface area (Å²) in [6.07, 6.45) is 8.90. The highest BCUT2D eigenvalue weighted by atomic mass is 16.5. The maximum Gasteiger partial charge on any atom is 0.275 e. The third kappa shape index (κ3) is 12.8. The summed E-state index contributed by atoms with van der Waals surface area (Å²) >= 11 is 0. The number of hydrogen-bond acceptors (Lipinski definition) is 24. The summed E-state index contributed by atoms with van der Waals surface area (Å²) in [6, 6.07) is 50.1. The fourth-order valence-electron chi connectivity index (χ4n) is 9.34. The van der Waals surface area contributed by atoms with Crippen LogP contribution in [0, 0.1) is 0 Å². The van der Waals surface area contributed by atoms with Crippen LogP contribution in [0.15, 0.2) is 227 Å². The van der Waals surface area contributed by atoms with Crippen LogP contribution in [0.1, 0.15) is 40.4 Å². The summed E-state index contributed by atoms with van der Waals surface area (Å²) < 4.78 is 7.14. The zero-order valence-corrected chi connectivity index (χ0v) is 45.6. The summed E-state index contributed by atoms with van der Waals surface area (Å²) in [7, 11) is 0. The Balaban J connectivity index is 0.996. The highest BCUT2D eigenvalue weighted by molar-refractivity contribution is 6.00. The number of azo groups is 2. The van der Waals surface area contributed by atoms with Crippen LogP contribution >= 0.6 is 0 Å². The van der Waals surface area contributed by atoms with Crippen molar-refractivity contribution < 1.29 is 20.1 Å². The van der Waals surface area contributed by atoms with Crippen molar-refractivity contribution in [3.8, 4) is 23.0 Å². The Labute approximate surface area is 490 Å². The lowest BCUT2D eigenvalue weighted by Crippen LogP contribution is -2.34. The average Bonchev–Trinajstić information content (AvgIpc) is 1.61. The van der Waals surface area contributed by atoms with Crippen LogP contribution in [0.25, 0.3) is 21.5 Å². The minimum absolute atomic E-state index is 0.0145. The fraction of sp³-hybridized carbons (Fsp3) is 0.0968. The van der Waals surface area contributed by atoms with E-state index in [1.165, 1.54) is 12.1 Å². The number of rotatable bonds is 21. The molecule has 0 radical (unpaired) electrons. The number of nitrogen functional groups attached to an aromatic ring is 1. The Hall–Kier alpha value is -12.1. The number of aromatic nitrogens is 12. The zero-order chi connectivity index (χ0) is 58.6. The molecule has 0 aliphatic heterocycles. The molecule has 4 aromatic carbocycles. The molecular weight excluding hydrogens is 1090 g/mol. The van der Waals surface area contributed by atoms with Crippen LogP contribution in [0.3, 0.4) is 0 Å². The molecule has 0 aliphatic rings. The quantitative estimate of drug-likeness (QED) is 0.0384. The average molecular weight is 1140 g/mol. The molecule has 0 aliphatic carbocycles. The molecule has 0 bridgehead atoms. The normalized spacial score (nSPS) is 11.8. The monoisotopic (exact) mass is 1140 g/mol. The van der Waals surface area contributed by atoms with E-state index in [0.717, 1.165) is 22.8 Å². The van der Waals surface area contributed by atoms with Crippen LogP contribution < -0.4 is 25.2 Å². The first-order valence-corrected chi connectivity index (χ1v) is 26.9. The molecule has 422 valence electrons. The largest absolute Gasteiger partial charge is 0.507 e. The van der Waals surface area contributed by atoms with Gasteiger partial charge in [0.25, 0.3) is 11.9 Å². The first kappa shape index (κ1) is 54.5. The SMILES string of the molecule is Nc1nc(N=Nc2c(O)cc(O)c3ccccc23)nc(N(Cc2ccccn2)C(Oc2cc(O)c3ccccc3c2N=Nc2nc(N(Cc3ccccn3)Cc3ccccn3)nc(N(Cc3ccccn3)Cc3ccccn3)n2)c2ccccn2)n1. The van der Waals surface area contributed by atoms with Gasteiger partial charge in [-0.05, 0) is 72.8 Å². The first-order valence-electron chi connectivity index (χ1n) is 26.9. The van der Waals surface area contributed by atoms with Crippen LogP contribution in [-0.4, -0.2) is 75.1 Å². The molecule has 8 aromatic heterocycles. The van der Waals surface area contributed by atoms with Gasteiger partial charge in [0.1, 0.15) is 34.3 Å². The summed E-state index contributed by atoms with van der Waals surface area (Å²) in [5, 5.41) is 53.6. The molecule has 0 fully saturated rings. The minimum atomic E-state index is -1.25. The molecule has 12 rings (SSSR count). The fourth-order valence-corrected chi connectivity index (χ4v) is 9.34. The van der Waals surface area contributed by atoms with Gasteiger partial charge >= 0.3 is 0 Å². The molecule has 12 aromatic rings. The number of hydrogen-bond donors (Lipinski definition) is 4. The third-order valence-corrected chi connectivity index (χ3v) is 13.3. The van der Waals surface area contributed by atoms with Gasteiger partial charge in [-0.15, -0.1) is 20.5 Å². The predicted molar refractivity (Wildman–Crippen MR) is 320 cm³/mol. The van der Waals surface area contributed by atoms with E-state index >= 15 is 0 Å². The van der Waals surface area contributed by atoms with Crippen molar-refractivity contribution >= 4 is 68.6 Å². The Morgan fingerprint density at radius 1 is 0.384 bits per heavy atom. The number of nitrogens with zero attached hydrogens (tertiary/aromatic N) is 19. The molecule has 8 heterocycles. The van der Waals surface area contributed by atoms with Gasteiger partial charge in [0.05, 0.1) is 61.2 Å². The molecule has 0 amide bonds. The number of pyridine rings is 6. The predicted octanol–water partition coefficient (Wildman–Crippen LogP) is 11.5. The van der Waals surface area contributed by atoms with Crippen molar-refractivity contribution in [3.63, 3.8) is 0 Å². The van der Waals surface area contributed by atoms with Gasteiger partial charge in [-0.2, -0.15) is 29.9 Å². The summed E-state index contributed by atoms with van der Waals surface area (Å²) in [4.78, 5) is 62.3. The van der Waals surface area contributed by atoms with Crippen molar-refractivity contribution in [1.29, 1.82) is 0 Å². The summed E-state index contributed by atoms with van der Waals surface area (Å²) in [5.41, 5.74) is 10.6. The van der Waals surface area contributed by atoms with E-state index in [1.54, 1.807) is 115 Å². The van der Waals surface area contributed by atoms with E-state index in [9.17, 15) is 15.3 Å². The Kier molecular flexibility index (Phi) is 16.1. The topological polar surface area (TPSA) is 310 Å². The molecule has 0 saturated heterocycles. The Bertz CT molecular complexity index is 4150. The lowest BCUT2D eigenvalue weighted by Gasteiger charge is -2.32. The summed E-state index contributed by atoms with van der Waals surface area (Å²) in [5.74, 6) is -0.686.